The molecule has 1 aromatic rings. The van der Waals surface area contributed by atoms with Crippen LogP contribution in [0, 0.1) is 5.92 Å². The van der Waals surface area contributed by atoms with Crippen molar-refractivity contribution >= 4 is 5.82 Å². The summed E-state index contributed by atoms with van der Waals surface area (Å²) in [5.41, 5.74) is 3.86. The minimum absolute atomic E-state index is 0.726. The second kappa shape index (κ2) is 6.16. The number of hydrogen-bond acceptors (Lipinski definition) is 4. The van der Waals surface area contributed by atoms with Crippen molar-refractivity contribution < 1.29 is 0 Å². The van der Waals surface area contributed by atoms with Crippen LogP contribution in [0.3, 0.4) is 0 Å². The van der Waals surface area contributed by atoms with Crippen molar-refractivity contribution in [3.05, 3.63) is 23.9 Å². The van der Waals surface area contributed by atoms with Crippen molar-refractivity contribution in [1.82, 2.24) is 9.88 Å². The summed E-state index contributed by atoms with van der Waals surface area (Å²) >= 11 is 0. The van der Waals surface area contributed by atoms with E-state index in [2.05, 4.69) is 35.3 Å². The summed E-state index contributed by atoms with van der Waals surface area (Å²) in [6.45, 7) is 3.33. The van der Waals surface area contributed by atoms with E-state index in [1.807, 2.05) is 6.07 Å². The number of nitrogen functional groups attached to an aromatic ring is 1. The summed E-state index contributed by atoms with van der Waals surface area (Å²) in [7, 11) is 2.22. The van der Waals surface area contributed by atoms with Gasteiger partial charge in [-0.2, -0.15) is 0 Å². The van der Waals surface area contributed by atoms with Crippen LogP contribution in [0.2, 0.25) is 0 Å². The van der Waals surface area contributed by atoms with Gasteiger partial charge in [-0.05, 0) is 56.3 Å². The predicted molar refractivity (Wildman–Crippen MR) is 74.9 cm³/mol. The molecule has 0 atom stereocenters. The van der Waals surface area contributed by atoms with E-state index < -0.39 is 0 Å². The zero-order valence-electron chi connectivity index (χ0n) is 11.4. The van der Waals surface area contributed by atoms with Crippen LogP contribution in [0.5, 0.6) is 0 Å². The van der Waals surface area contributed by atoms with Gasteiger partial charge < -0.3 is 5.43 Å². The van der Waals surface area contributed by atoms with E-state index in [1.54, 1.807) is 6.20 Å². The minimum Gasteiger partial charge on any atom is -0.308 e. The largest absolute Gasteiger partial charge is 0.308 e. The SMILES string of the molecule is CC1CCC(N(C)Cc2ccnc(NN)c2)CC1. The molecule has 0 unspecified atom stereocenters. The van der Waals surface area contributed by atoms with Gasteiger partial charge in [0.2, 0.25) is 0 Å². The molecule has 18 heavy (non-hydrogen) atoms. The van der Waals surface area contributed by atoms with Crippen LogP contribution >= 0.6 is 0 Å². The molecule has 0 aromatic carbocycles. The molecule has 1 heterocycles. The minimum atomic E-state index is 0.726. The maximum absolute atomic E-state index is 5.38. The Balaban J connectivity index is 1.91. The second-order valence-electron chi connectivity index (χ2n) is 5.52. The van der Waals surface area contributed by atoms with E-state index in [9.17, 15) is 0 Å². The number of nitrogens with one attached hydrogen (secondary N) is 1. The van der Waals surface area contributed by atoms with Crippen LogP contribution in [0.25, 0.3) is 0 Å². The van der Waals surface area contributed by atoms with E-state index in [0.717, 1.165) is 24.3 Å². The molecule has 1 aromatic heterocycles. The third-order valence-electron chi connectivity index (χ3n) is 4.01. The Labute approximate surface area is 110 Å². The van der Waals surface area contributed by atoms with Crippen molar-refractivity contribution in [2.24, 2.45) is 11.8 Å². The van der Waals surface area contributed by atoms with Gasteiger partial charge in [-0.3, -0.25) is 4.90 Å². The van der Waals surface area contributed by atoms with Crippen LogP contribution < -0.4 is 11.3 Å². The van der Waals surface area contributed by atoms with Gasteiger partial charge in [0.15, 0.2) is 0 Å². The molecular formula is C14H24N4. The summed E-state index contributed by atoms with van der Waals surface area (Å²) in [5, 5.41) is 0. The Morgan fingerprint density at radius 1 is 1.39 bits per heavy atom. The Hall–Kier alpha value is -1.13. The van der Waals surface area contributed by atoms with Crippen LogP contribution in [0.1, 0.15) is 38.2 Å². The summed E-state index contributed by atoms with van der Waals surface area (Å²) in [5.74, 6) is 7.02. The Morgan fingerprint density at radius 2 is 2.11 bits per heavy atom. The van der Waals surface area contributed by atoms with Crippen molar-refractivity contribution in [2.45, 2.75) is 45.2 Å². The molecule has 4 heteroatoms. The summed E-state index contributed by atoms with van der Waals surface area (Å²) in [6.07, 6.45) is 7.18. The fourth-order valence-corrected chi connectivity index (χ4v) is 2.75. The molecule has 0 saturated heterocycles. The molecule has 0 amide bonds. The number of nitrogens with two attached hydrogens (primary N) is 1. The molecule has 0 radical (unpaired) electrons. The fraction of sp³-hybridized carbons (Fsp3) is 0.643. The molecule has 1 saturated carbocycles. The molecule has 2 rings (SSSR count). The predicted octanol–water partition coefficient (Wildman–Crippen LogP) is 2.38. The average molecular weight is 248 g/mol. The average Bonchev–Trinajstić information content (AvgIpc) is 2.39. The van der Waals surface area contributed by atoms with Gasteiger partial charge in [-0.25, -0.2) is 10.8 Å². The van der Waals surface area contributed by atoms with E-state index in [1.165, 1.54) is 31.2 Å². The quantitative estimate of drug-likeness (QED) is 0.634. The number of nitrogens with zero attached hydrogens (tertiary/aromatic N) is 2. The highest BCUT2D eigenvalue weighted by molar-refractivity contribution is 5.35. The number of rotatable bonds is 4. The van der Waals surface area contributed by atoms with Crippen molar-refractivity contribution in [1.29, 1.82) is 0 Å². The van der Waals surface area contributed by atoms with Gasteiger partial charge in [-0.1, -0.05) is 6.92 Å². The van der Waals surface area contributed by atoms with Crippen LogP contribution in [-0.2, 0) is 6.54 Å². The maximum atomic E-state index is 5.38. The molecule has 100 valence electrons. The Morgan fingerprint density at radius 3 is 2.78 bits per heavy atom. The molecule has 4 nitrogen and oxygen atoms in total. The summed E-state index contributed by atoms with van der Waals surface area (Å²) in [4.78, 5) is 6.59. The lowest BCUT2D eigenvalue weighted by atomic mass is 9.86. The van der Waals surface area contributed by atoms with E-state index >= 15 is 0 Å². The number of anilines is 1. The van der Waals surface area contributed by atoms with Crippen molar-refractivity contribution in [3.63, 3.8) is 0 Å². The van der Waals surface area contributed by atoms with Gasteiger partial charge in [-0.15, -0.1) is 0 Å². The van der Waals surface area contributed by atoms with Gasteiger partial charge in [0.25, 0.3) is 0 Å². The molecule has 1 fully saturated rings. The van der Waals surface area contributed by atoms with Crippen LogP contribution in [0.4, 0.5) is 5.82 Å². The van der Waals surface area contributed by atoms with Crippen LogP contribution in [0.15, 0.2) is 18.3 Å². The number of hydrogen-bond donors (Lipinski definition) is 2. The molecule has 1 aliphatic rings. The molecule has 0 aliphatic heterocycles. The third kappa shape index (κ3) is 3.43. The first-order chi connectivity index (χ1) is 8.69. The Bertz CT molecular complexity index is 372. The van der Waals surface area contributed by atoms with Gasteiger partial charge in [0, 0.05) is 18.8 Å². The van der Waals surface area contributed by atoms with Crippen molar-refractivity contribution in [2.75, 3.05) is 12.5 Å². The number of aromatic nitrogens is 1. The lowest BCUT2D eigenvalue weighted by Gasteiger charge is -2.33. The molecule has 3 N–H and O–H groups in total. The lowest BCUT2D eigenvalue weighted by Crippen LogP contribution is -2.34. The first kappa shape index (κ1) is 13.3. The number of hydrazine groups is 1. The first-order valence-corrected chi connectivity index (χ1v) is 6.81. The zero-order chi connectivity index (χ0) is 13.0. The monoisotopic (exact) mass is 248 g/mol. The van der Waals surface area contributed by atoms with Crippen molar-refractivity contribution in [3.8, 4) is 0 Å². The number of pyridine rings is 1. The third-order valence-corrected chi connectivity index (χ3v) is 4.01. The first-order valence-electron chi connectivity index (χ1n) is 6.81. The van der Waals surface area contributed by atoms with E-state index in [-0.39, 0.29) is 0 Å². The molecule has 0 bridgehead atoms. The molecular weight excluding hydrogens is 224 g/mol. The maximum Gasteiger partial charge on any atom is 0.140 e. The molecule has 0 spiro atoms. The zero-order valence-corrected chi connectivity index (χ0v) is 11.4. The van der Waals surface area contributed by atoms with Crippen LogP contribution in [-0.4, -0.2) is 23.0 Å². The Kier molecular flexibility index (Phi) is 4.55. The van der Waals surface area contributed by atoms with Gasteiger partial charge >= 0.3 is 0 Å². The highest BCUT2D eigenvalue weighted by atomic mass is 15.2. The normalized spacial score (nSPS) is 24.2. The molecule has 1 aliphatic carbocycles. The lowest BCUT2D eigenvalue weighted by molar-refractivity contribution is 0.164. The standard InChI is InChI=1S/C14H24N4/c1-11-3-5-13(6-4-11)18(2)10-12-7-8-16-14(9-12)17-15/h7-9,11,13H,3-6,10,15H2,1-2H3,(H,16,17). The van der Waals surface area contributed by atoms with Gasteiger partial charge in [0.05, 0.1) is 0 Å². The highest BCUT2D eigenvalue weighted by Gasteiger charge is 2.21. The second-order valence-corrected chi connectivity index (χ2v) is 5.52. The van der Waals surface area contributed by atoms with Gasteiger partial charge in [0.1, 0.15) is 5.82 Å². The smallest absolute Gasteiger partial charge is 0.140 e. The highest BCUT2D eigenvalue weighted by Crippen LogP contribution is 2.27. The summed E-state index contributed by atoms with van der Waals surface area (Å²) in [6, 6.07) is 4.80. The van der Waals surface area contributed by atoms with E-state index in [4.69, 9.17) is 5.84 Å². The fourth-order valence-electron chi connectivity index (χ4n) is 2.75. The topological polar surface area (TPSA) is 54.2 Å². The summed E-state index contributed by atoms with van der Waals surface area (Å²) < 4.78 is 0. The van der Waals surface area contributed by atoms with E-state index in [0.29, 0.717) is 0 Å².